The van der Waals surface area contributed by atoms with Crippen LogP contribution in [0.2, 0.25) is 5.02 Å². The number of hydrogen-bond donors (Lipinski definition) is 3. The van der Waals surface area contributed by atoms with E-state index in [-0.39, 0.29) is 36.6 Å². The largest absolute Gasteiger partial charge is 0.383 e. The third-order valence-corrected chi connectivity index (χ3v) is 7.73. The van der Waals surface area contributed by atoms with Crippen LogP contribution >= 0.6 is 11.6 Å². The first-order chi connectivity index (χ1) is 18.0. The zero-order chi connectivity index (χ0) is 26.5. The average molecular weight is 537 g/mol. The molecule has 2 fully saturated rings. The molecule has 1 aliphatic carbocycles. The lowest BCUT2D eigenvalue weighted by Gasteiger charge is -2.38. The van der Waals surface area contributed by atoms with Crippen LogP contribution in [0.1, 0.15) is 63.0 Å². The molecule has 3 amide bonds. The molecule has 3 N–H and O–H groups in total. The van der Waals surface area contributed by atoms with Crippen molar-refractivity contribution in [2.24, 2.45) is 11.8 Å². The molecule has 3 rings (SSSR count). The van der Waals surface area contributed by atoms with Gasteiger partial charge in [0.05, 0.1) is 12.7 Å². The van der Waals surface area contributed by atoms with Gasteiger partial charge in [-0.1, -0.05) is 55.8 Å². The zero-order valence-electron chi connectivity index (χ0n) is 22.5. The number of likely N-dealkylation sites (N-methyl/N-ethyl adjacent to an activating group) is 1. The highest BCUT2D eigenvalue weighted by molar-refractivity contribution is 6.30. The van der Waals surface area contributed by atoms with E-state index >= 15 is 0 Å². The van der Waals surface area contributed by atoms with E-state index in [2.05, 4.69) is 16.0 Å². The van der Waals surface area contributed by atoms with E-state index in [0.29, 0.717) is 30.6 Å². The SMILES string of the molecule is CNC[C@H](CC1CCCCC1)NC(=O)N1CCC[C@@H]([C@@H](OCC(=O)NCCOC)c2cccc(Cl)c2)C1. The lowest BCUT2D eigenvalue weighted by molar-refractivity contribution is -0.129. The van der Waals surface area contributed by atoms with Gasteiger partial charge in [-0.2, -0.15) is 0 Å². The molecule has 0 aromatic heterocycles. The molecule has 0 bridgehead atoms. The highest BCUT2D eigenvalue weighted by Gasteiger charge is 2.32. The summed E-state index contributed by atoms with van der Waals surface area (Å²) in [6.45, 7) is 2.89. The smallest absolute Gasteiger partial charge is 0.317 e. The first-order valence-electron chi connectivity index (χ1n) is 13.8. The Labute approximate surface area is 227 Å². The number of methoxy groups -OCH3 is 1. The molecule has 1 saturated carbocycles. The molecule has 2 aliphatic rings. The fourth-order valence-corrected chi connectivity index (χ4v) is 5.87. The van der Waals surface area contributed by atoms with Crippen molar-refractivity contribution in [2.75, 3.05) is 53.6 Å². The molecule has 8 nitrogen and oxygen atoms in total. The van der Waals surface area contributed by atoms with Crippen molar-refractivity contribution < 1.29 is 19.1 Å². The third-order valence-electron chi connectivity index (χ3n) is 7.49. The molecular formula is C28H45ClN4O4. The fraction of sp³-hybridized carbons (Fsp3) is 0.714. The Morgan fingerprint density at radius 2 is 1.97 bits per heavy atom. The maximum absolute atomic E-state index is 13.3. The van der Waals surface area contributed by atoms with Gasteiger partial charge in [0.25, 0.3) is 0 Å². The molecule has 9 heteroatoms. The second-order valence-corrected chi connectivity index (χ2v) is 10.9. The quantitative estimate of drug-likeness (QED) is 0.330. The highest BCUT2D eigenvalue weighted by Crippen LogP contribution is 2.34. The van der Waals surface area contributed by atoms with Crippen LogP contribution in [-0.2, 0) is 14.3 Å². The summed E-state index contributed by atoms with van der Waals surface area (Å²) < 4.78 is 11.2. The molecule has 1 aromatic rings. The van der Waals surface area contributed by atoms with E-state index in [0.717, 1.165) is 37.9 Å². The topological polar surface area (TPSA) is 91.9 Å². The molecule has 1 heterocycles. The molecule has 208 valence electrons. The first kappa shape index (κ1) is 29.7. The van der Waals surface area contributed by atoms with Gasteiger partial charge in [-0.15, -0.1) is 0 Å². The van der Waals surface area contributed by atoms with Crippen LogP contribution < -0.4 is 16.0 Å². The second-order valence-electron chi connectivity index (χ2n) is 10.4. The molecular weight excluding hydrogens is 492 g/mol. The van der Waals surface area contributed by atoms with Crippen molar-refractivity contribution in [2.45, 2.75) is 63.5 Å². The van der Waals surface area contributed by atoms with E-state index in [4.69, 9.17) is 21.1 Å². The minimum Gasteiger partial charge on any atom is -0.383 e. The predicted octanol–water partition coefficient (Wildman–Crippen LogP) is 4.14. The average Bonchev–Trinajstić information content (AvgIpc) is 2.90. The molecule has 0 radical (unpaired) electrons. The van der Waals surface area contributed by atoms with Crippen LogP contribution in [0.15, 0.2) is 24.3 Å². The minimum atomic E-state index is -0.335. The maximum atomic E-state index is 13.3. The summed E-state index contributed by atoms with van der Waals surface area (Å²) in [6.07, 6.45) is 8.95. The molecule has 0 unspecified atom stereocenters. The summed E-state index contributed by atoms with van der Waals surface area (Å²) in [4.78, 5) is 27.6. The summed E-state index contributed by atoms with van der Waals surface area (Å²) in [6, 6.07) is 7.70. The van der Waals surface area contributed by atoms with Crippen LogP contribution in [0.3, 0.4) is 0 Å². The fourth-order valence-electron chi connectivity index (χ4n) is 5.67. The number of carbonyl (C=O) groups excluding carboxylic acids is 2. The molecule has 1 aliphatic heterocycles. The van der Waals surface area contributed by atoms with Gasteiger partial charge in [-0.25, -0.2) is 4.79 Å². The predicted molar refractivity (Wildman–Crippen MR) is 147 cm³/mol. The Balaban J connectivity index is 1.63. The molecule has 1 aromatic carbocycles. The second kappa shape index (κ2) is 16.2. The standard InChI is InChI=1S/C28H45ClN4O4/c1-30-18-25(16-21-8-4-3-5-9-21)32-28(35)33-14-7-11-23(19-33)27(22-10-6-12-24(29)17-22)37-20-26(34)31-13-15-36-2/h6,10,12,17,21,23,25,27,30H,3-5,7-9,11,13-16,18-20H2,1-2H3,(H,31,34)(H,32,35)/t23-,25+,27+/m1/s1. The van der Waals surface area contributed by atoms with Crippen molar-refractivity contribution in [1.29, 1.82) is 0 Å². The number of nitrogens with zero attached hydrogens (tertiary/aromatic N) is 1. The summed E-state index contributed by atoms with van der Waals surface area (Å²) in [5, 5.41) is 9.99. The summed E-state index contributed by atoms with van der Waals surface area (Å²) in [7, 11) is 3.54. The number of hydrogen-bond acceptors (Lipinski definition) is 5. The first-order valence-corrected chi connectivity index (χ1v) is 14.2. The molecule has 3 atom stereocenters. The van der Waals surface area contributed by atoms with Crippen molar-refractivity contribution in [3.63, 3.8) is 0 Å². The number of urea groups is 1. The van der Waals surface area contributed by atoms with Crippen LogP contribution in [0.4, 0.5) is 4.79 Å². The van der Waals surface area contributed by atoms with Crippen molar-refractivity contribution in [1.82, 2.24) is 20.9 Å². The lowest BCUT2D eigenvalue weighted by Crippen LogP contribution is -2.52. The summed E-state index contributed by atoms with van der Waals surface area (Å²) in [5.41, 5.74) is 0.926. The minimum absolute atomic E-state index is 0.0112. The highest BCUT2D eigenvalue weighted by atomic mass is 35.5. The van der Waals surface area contributed by atoms with E-state index in [1.165, 1.54) is 32.1 Å². The van der Waals surface area contributed by atoms with Crippen LogP contribution in [0.25, 0.3) is 0 Å². The summed E-state index contributed by atoms with van der Waals surface area (Å²) >= 11 is 6.29. The Hall–Kier alpha value is -1.87. The Morgan fingerprint density at radius 3 is 2.70 bits per heavy atom. The number of benzene rings is 1. The van der Waals surface area contributed by atoms with Gasteiger partial charge in [-0.05, 0) is 49.9 Å². The van der Waals surface area contributed by atoms with Gasteiger partial charge in [0.1, 0.15) is 6.61 Å². The van der Waals surface area contributed by atoms with Gasteiger partial charge >= 0.3 is 6.03 Å². The monoisotopic (exact) mass is 536 g/mol. The van der Waals surface area contributed by atoms with E-state index < -0.39 is 0 Å². The lowest BCUT2D eigenvalue weighted by atomic mass is 9.85. The Bertz CT molecular complexity index is 836. The third kappa shape index (κ3) is 10.1. The van der Waals surface area contributed by atoms with Crippen molar-refractivity contribution in [3.8, 4) is 0 Å². The van der Waals surface area contributed by atoms with Gasteiger partial charge < -0.3 is 30.3 Å². The number of ether oxygens (including phenoxy) is 2. The molecule has 37 heavy (non-hydrogen) atoms. The van der Waals surface area contributed by atoms with Crippen molar-refractivity contribution in [3.05, 3.63) is 34.9 Å². The van der Waals surface area contributed by atoms with Crippen LogP contribution in [0.5, 0.6) is 0 Å². The zero-order valence-corrected chi connectivity index (χ0v) is 23.2. The number of amides is 3. The number of piperidine rings is 1. The molecule has 1 saturated heterocycles. The number of rotatable bonds is 13. The van der Waals surface area contributed by atoms with Gasteiger partial charge in [0.2, 0.25) is 5.91 Å². The molecule has 0 spiro atoms. The number of likely N-dealkylation sites (tertiary alicyclic amines) is 1. The number of carbonyl (C=O) groups is 2. The van der Waals surface area contributed by atoms with Gasteiger partial charge in [0.15, 0.2) is 0 Å². The Morgan fingerprint density at radius 1 is 1.16 bits per heavy atom. The van der Waals surface area contributed by atoms with Crippen molar-refractivity contribution >= 4 is 23.5 Å². The van der Waals surface area contributed by atoms with E-state index in [1.54, 1.807) is 7.11 Å². The van der Waals surface area contributed by atoms with Crippen LogP contribution in [-0.4, -0.2) is 76.4 Å². The van der Waals surface area contributed by atoms with Gasteiger partial charge in [-0.3, -0.25) is 4.79 Å². The number of nitrogens with one attached hydrogen (secondary N) is 3. The van der Waals surface area contributed by atoms with Crippen LogP contribution in [0, 0.1) is 11.8 Å². The summed E-state index contributed by atoms with van der Waals surface area (Å²) in [5.74, 6) is 0.565. The maximum Gasteiger partial charge on any atom is 0.317 e. The van der Waals surface area contributed by atoms with E-state index in [9.17, 15) is 9.59 Å². The Kier molecular flexibility index (Phi) is 13.0. The number of halogens is 1. The normalized spacial score (nSPS) is 20.3. The van der Waals surface area contributed by atoms with E-state index in [1.807, 2.05) is 36.2 Å². The van der Waals surface area contributed by atoms with Gasteiger partial charge in [0, 0.05) is 50.3 Å².